The molecule has 3 N–H and O–H groups in total. The van der Waals surface area contributed by atoms with Crippen molar-refractivity contribution in [2.45, 2.75) is 25.9 Å². The maximum Gasteiger partial charge on any atom is 0.236 e. The number of rotatable bonds is 4. The van der Waals surface area contributed by atoms with Crippen LogP contribution in [0.3, 0.4) is 0 Å². The fourth-order valence-corrected chi connectivity index (χ4v) is 1.56. The molecule has 0 aliphatic carbocycles. The van der Waals surface area contributed by atoms with Gasteiger partial charge >= 0.3 is 0 Å². The van der Waals surface area contributed by atoms with Crippen molar-refractivity contribution in [1.82, 2.24) is 10.2 Å². The molecule has 0 aromatic heterocycles. The number of ether oxygens (including phenoxy) is 1. The molecule has 0 aromatic rings. The van der Waals surface area contributed by atoms with E-state index in [9.17, 15) is 4.79 Å². The molecule has 1 amide bonds. The Labute approximate surface area is 90.9 Å². The summed E-state index contributed by atoms with van der Waals surface area (Å²) in [7, 11) is 0. The first-order valence-corrected chi connectivity index (χ1v) is 5.46. The summed E-state index contributed by atoms with van der Waals surface area (Å²) in [5, 5.41) is 2.83. The van der Waals surface area contributed by atoms with Crippen LogP contribution < -0.4 is 11.1 Å². The van der Waals surface area contributed by atoms with Crippen molar-refractivity contribution < 1.29 is 9.53 Å². The average Bonchev–Trinajstić information content (AvgIpc) is 2.26. The quantitative estimate of drug-likeness (QED) is 0.642. The second-order valence-electron chi connectivity index (χ2n) is 4.03. The van der Waals surface area contributed by atoms with Crippen LogP contribution in [0.25, 0.3) is 0 Å². The lowest BCUT2D eigenvalue weighted by Gasteiger charge is -2.32. The minimum Gasteiger partial charge on any atom is -0.379 e. The molecule has 2 atom stereocenters. The molecule has 1 saturated heterocycles. The minimum absolute atomic E-state index is 0.0879. The monoisotopic (exact) mass is 215 g/mol. The van der Waals surface area contributed by atoms with Gasteiger partial charge in [0.15, 0.2) is 0 Å². The minimum atomic E-state index is -0.429. The van der Waals surface area contributed by atoms with Crippen molar-refractivity contribution in [2.75, 3.05) is 32.8 Å². The number of nitrogens with zero attached hydrogens (tertiary/aromatic N) is 1. The second-order valence-corrected chi connectivity index (χ2v) is 4.03. The predicted octanol–water partition coefficient (Wildman–Crippen LogP) is -0.829. The van der Waals surface area contributed by atoms with Crippen molar-refractivity contribution in [3.8, 4) is 0 Å². The van der Waals surface area contributed by atoms with E-state index < -0.39 is 6.04 Å². The maximum atomic E-state index is 11.3. The van der Waals surface area contributed by atoms with E-state index in [0.717, 1.165) is 26.3 Å². The molecule has 1 fully saturated rings. The first kappa shape index (κ1) is 12.4. The van der Waals surface area contributed by atoms with Gasteiger partial charge < -0.3 is 15.8 Å². The Morgan fingerprint density at radius 1 is 1.47 bits per heavy atom. The Kier molecular flexibility index (Phi) is 5.01. The van der Waals surface area contributed by atoms with Gasteiger partial charge in [-0.3, -0.25) is 9.69 Å². The highest BCUT2D eigenvalue weighted by molar-refractivity contribution is 5.80. The van der Waals surface area contributed by atoms with Crippen LogP contribution in [0.15, 0.2) is 0 Å². The number of morpholine rings is 1. The van der Waals surface area contributed by atoms with Crippen LogP contribution in [-0.4, -0.2) is 55.7 Å². The summed E-state index contributed by atoms with van der Waals surface area (Å²) in [6, 6.07) is -0.0847. The van der Waals surface area contributed by atoms with E-state index in [4.69, 9.17) is 10.5 Å². The van der Waals surface area contributed by atoms with E-state index in [1.165, 1.54) is 0 Å². The SMILES string of the molecule is CC(N)C(=O)NCC(C)N1CCOCC1. The van der Waals surface area contributed by atoms with Crippen LogP contribution in [0.5, 0.6) is 0 Å². The fraction of sp³-hybridized carbons (Fsp3) is 0.900. The van der Waals surface area contributed by atoms with Crippen LogP contribution >= 0.6 is 0 Å². The summed E-state index contributed by atoms with van der Waals surface area (Å²) in [4.78, 5) is 13.6. The Morgan fingerprint density at radius 3 is 2.60 bits per heavy atom. The summed E-state index contributed by atoms with van der Waals surface area (Å²) in [5.41, 5.74) is 5.45. The number of nitrogens with one attached hydrogen (secondary N) is 1. The molecule has 0 saturated carbocycles. The molecule has 0 spiro atoms. The van der Waals surface area contributed by atoms with Crippen LogP contribution in [0.1, 0.15) is 13.8 Å². The second kappa shape index (κ2) is 6.05. The summed E-state index contributed by atoms with van der Waals surface area (Å²) in [5.74, 6) is -0.0879. The standard InChI is InChI=1S/C10H21N3O2/c1-8(7-12-10(14)9(2)11)13-3-5-15-6-4-13/h8-9H,3-7,11H2,1-2H3,(H,12,14). The average molecular weight is 215 g/mol. The van der Waals surface area contributed by atoms with Gasteiger partial charge in [-0.25, -0.2) is 0 Å². The van der Waals surface area contributed by atoms with E-state index in [1.807, 2.05) is 0 Å². The van der Waals surface area contributed by atoms with Gasteiger partial charge in [-0.1, -0.05) is 0 Å². The molecule has 1 aliphatic rings. The lowest BCUT2D eigenvalue weighted by atomic mass is 10.2. The highest BCUT2D eigenvalue weighted by Gasteiger charge is 2.17. The van der Waals surface area contributed by atoms with Gasteiger partial charge in [0.1, 0.15) is 0 Å². The molecule has 1 rings (SSSR count). The van der Waals surface area contributed by atoms with Crippen LogP contribution in [0, 0.1) is 0 Å². The third-order valence-corrected chi connectivity index (χ3v) is 2.65. The zero-order chi connectivity index (χ0) is 11.3. The first-order valence-electron chi connectivity index (χ1n) is 5.46. The molecule has 15 heavy (non-hydrogen) atoms. The van der Waals surface area contributed by atoms with Crippen molar-refractivity contribution in [1.29, 1.82) is 0 Å². The normalized spacial score (nSPS) is 22.1. The van der Waals surface area contributed by atoms with Crippen LogP contribution in [-0.2, 0) is 9.53 Å². The van der Waals surface area contributed by atoms with E-state index in [-0.39, 0.29) is 5.91 Å². The topological polar surface area (TPSA) is 67.6 Å². The Bertz CT molecular complexity index is 203. The Balaban J connectivity index is 2.22. The number of amides is 1. The molecule has 2 unspecified atom stereocenters. The van der Waals surface area contributed by atoms with E-state index in [0.29, 0.717) is 12.6 Å². The van der Waals surface area contributed by atoms with Gasteiger partial charge in [-0.05, 0) is 13.8 Å². The Morgan fingerprint density at radius 2 is 2.07 bits per heavy atom. The van der Waals surface area contributed by atoms with Gasteiger partial charge in [0.05, 0.1) is 19.3 Å². The van der Waals surface area contributed by atoms with Gasteiger partial charge in [0, 0.05) is 25.7 Å². The zero-order valence-electron chi connectivity index (χ0n) is 9.53. The van der Waals surface area contributed by atoms with Gasteiger partial charge in [-0.2, -0.15) is 0 Å². The molecule has 88 valence electrons. The molecule has 1 aliphatic heterocycles. The summed E-state index contributed by atoms with van der Waals surface area (Å²) in [6.07, 6.45) is 0. The van der Waals surface area contributed by atoms with Crippen molar-refractivity contribution in [2.24, 2.45) is 5.73 Å². The number of carbonyl (C=O) groups is 1. The number of nitrogens with two attached hydrogens (primary N) is 1. The third-order valence-electron chi connectivity index (χ3n) is 2.65. The largest absolute Gasteiger partial charge is 0.379 e. The molecule has 5 nitrogen and oxygen atoms in total. The summed E-state index contributed by atoms with van der Waals surface area (Å²) in [6.45, 7) is 7.89. The van der Waals surface area contributed by atoms with Crippen molar-refractivity contribution in [3.05, 3.63) is 0 Å². The Hall–Kier alpha value is -0.650. The lowest BCUT2D eigenvalue weighted by Crippen LogP contribution is -2.49. The maximum absolute atomic E-state index is 11.3. The van der Waals surface area contributed by atoms with E-state index in [1.54, 1.807) is 6.92 Å². The molecular formula is C10H21N3O2. The number of hydrogen-bond donors (Lipinski definition) is 2. The molecule has 5 heteroatoms. The van der Waals surface area contributed by atoms with Crippen molar-refractivity contribution in [3.63, 3.8) is 0 Å². The van der Waals surface area contributed by atoms with E-state index >= 15 is 0 Å². The molecule has 0 radical (unpaired) electrons. The van der Waals surface area contributed by atoms with Crippen LogP contribution in [0.2, 0.25) is 0 Å². The molecule has 1 heterocycles. The number of hydrogen-bond acceptors (Lipinski definition) is 4. The highest BCUT2D eigenvalue weighted by Crippen LogP contribution is 2.02. The van der Waals surface area contributed by atoms with Gasteiger partial charge in [0.25, 0.3) is 0 Å². The zero-order valence-corrected chi connectivity index (χ0v) is 9.53. The molecule has 0 bridgehead atoms. The predicted molar refractivity (Wildman–Crippen MR) is 58.5 cm³/mol. The molecular weight excluding hydrogens is 194 g/mol. The summed E-state index contributed by atoms with van der Waals surface area (Å²) >= 11 is 0. The van der Waals surface area contributed by atoms with Gasteiger partial charge in [0.2, 0.25) is 5.91 Å². The smallest absolute Gasteiger partial charge is 0.236 e. The van der Waals surface area contributed by atoms with Gasteiger partial charge in [-0.15, -0.1) is 0 Å². The van der Waals surface area contributed by atoms with Crippen LogP contribution in [0.4, 0.5) is 0 Å². The summed E-state index contributed by atoms with van der Waals surface area (Å²) < 4.78 is 5.26. The number of carbonyl (C=O) groups excluding carboxylic acids is 1. The highest BCUT2D eigenvalue weighted by atomic mass is 16.5. The first-order chi connectivity index (χ1) is 7.11. The fourth-order valence-electron chi connectivity index (χ4n) is 1.56. The van der Waals surface area contributed by atoms with Crippen molar-refractivity contribution >= 4 is 5.91 Å². The lowest BCUT2D eigenvalue weighted by molar-refractivity contribution is -0.122. The van der Waals surface area contributed by atoms with E-state index in [2.05, 4.69) is 17.1 Å². The molecule has 0 aromatic carbocycles. The third kappa shape index (κ3) is 4.15.